The third-order valence-electron chi connectivity index (χ3n) is 1.68. The molecule has 0 spiro atoms. The van der Waals surface area contributed by atoms with Gasteiger partial charge in [0.25, 0.3) is 0 Å². The van der Waals surface area contributed by atoms with Gasteiger partial charge in [-0.3, -0.25) is 0 Å². The number of ether oxygens (including phenoxy) is 3. The van der Waals surface area contributed by atoms with Crippen LogP contribution in [-0.2, 0) is 23.8 Å². The molecule has 0 saturated heterocycles. The molecule has 0 rings (SSSR count). The zero-order valence-electron chi connectivity index (χ0n) is 10.7. The van der Waals surface area contributed by atoms with Crippen LogP contribution in [0.5, 0.6) is 0 Å². The van der Waals surface area contributed by atoms with Crippen molar-refractivity contribution in [2.45, 2.75) is 33.7 Å². The van der Waals surface area contributed by atoms with Crippen molar-refractivity contribution < 1.29 is 23.8 Å². The number of nitrogens with zero attached hydrogens (tertiary/aromatic N) is 1. The van der Waals surface area contributed by atoms with Crippen molar-refractivity contribution in [1.82, 2.24) is 0 Å². The molecule has 0 bridgehead atoms. The Morgan fingerprint density at radius 1 is 0.941 bits per heavy atom. The van der Waals surface area contributed by atoms with Gasteiger partial charge in [0.05, 0.1) is 19.8 Å². The number of aliphatic imine (C=N–C) groups is 1. The van der Waals surface area contributed by atoms with Gasteiger partial charge in [0.2, 0.25) is 6.04 Å². The van der Waals surface area contributed by atoms with E-state index in [9.17, 15) is 9.59 Å². The topological polar surface area (TPSA) is 74.2 Å². The molecule has 6 nitrogen and oxygen atoms in total. The Labute approximate surface area is 101 Å². The molecule has 0 radical (unpaired) electrons. The molecular weight excluding hydrogens is 226 g/mol. The van der Waals surface area contributed by atoms with Gasteiger partial charge < -0.3 is 14.2 Å². The molecule has 0 N–H and O–H groups in total. The van der Waals surface area contributed by atoms with Gasteiger partial charge in [-0.15, -0.1) is 0 Å². The molecule has 0 aliphatic carbocycles. The van der Waals surface area contributed by atoms with E-state index in [1.54, 1.807) is 27.7 Å². The zero-order valence-corrected chi connectivity index (χ0v) is 10.7. The van der Waals surface area contributed by atoms with Crippen LogP contribution >= 0.6 is 0 Å². The summed E-state index contributed by atoms with van der Waals surface area (Å²) >= 11 is 0. The van der Waals surface area contributed by atoms with E-state index >= 15 is 0 Å². The Balaban J connectivity index is 4.78. The Hall–Kier alpha value is -1.59. The third kappa shape index (κ3) is 5.89. The second kappa shape index (κ2) is 8.55. The quantitative estimate of drug-likeness (QED) is 0.301. The number of carbonyl (C=O) groups is 2. The second-order valence-corrected chi connectivity index (χ2v) is 2.99. The summed E-state index contributed by atoms with van der Waals surface area (Å²) in [7, 11) is 0. The van der Waals surface area contributed by atoms with Crippen LogP contribution < -0.4 is 0 Å². The predicted molar refractivity (Wildman–Crippen MR) is 61.8 cm³/mol. The molecule has 0 unspecified atom stereocenters. The van der Waals surface area contributed by atoms with Crippen molar-refractivity contribution in [3.63, 3.8) is 0 Å². The van der Waals surface area contributed by atoms with Crippen molar-refractivity contribution >= 4 is 17.8 Å². The van der Waals surface area contributed by atoms with Gasteiger partial charge >= 0.3 is 11.9 Å². The van der Waals surface area contributed by atoms with Gasteiger partial charge in [-0.05, 0) is 20.8 Å². The van der Waals surface area contributed by atoms with Gasteiger partial charge in [0.15, 0.2) is 5.90 Å². The second-order valence-electron chi connectivity index (χ2n) is 2.99. The fourth-order valence-electron chi connectivity index (χ4n) is 1.07. The molecule has 0 aliphatic rings. The molecule has 0 atom stereocenters. The lowest BCUT2D eigenvalue weighted by molar-refractivity contribution is -0.156. The van der Waals surface area contributed by atoms with Gasteiger partial charge in [-0.2, -0.15) is 0 Å². The minimum Gasteiger partial charge on any atom is -0.481 e. The number of esters is 2. The van der Waals surface area contributed by atoms with Crippen molar-refractivity contribution in [3.05, 3.63) is 0 Å². The van der Waals surface area contributed by atoms with E-state index < -0.39 is 18.0 Å². The van der Waals surface area contributed by atoms with E-state index in [4.69, 9.17) is 14.2 Å². The largest absolute Gasteiger partial charge is 0.481 e. The maximum atomic E-state index is 11.5. The van der Waals surface area contributed by atoms with Crippen molar-refractivity contribution in [2.75, 3.05) is 19.8 Å². The molecule has 0 aromatic heterocycles. The Morgan fingerprint density at radius 3 is 1.71 bits per heavy atom. The summed E-state index contributed by atoms with van der Waals surface area (Å²) in [5.41, 5.74) is 0. The molecule has 0 aromatic carbocycles. The van der Waals surface area contributed by atoms with Crippen LogP contribution in [0.2, 0.25) is 0 Å². The van der Waals surface area contributed by atoms with Gasteiger partial charge in [-0.1, -0.05) is 0 Å². The van der Waals surface area contributed by atoms with E-state index in [0.717, 1.165) is 0 Å². The molecular formula is C11H19NO5. The first-order valence-corrected chi connectivity index (χ1v) is 5.57. The number of rotatable bonds is 6. The van der Waals surface area contributed by atoms with E-state index in [1.165, 1.54) is 0 Å². The number of hydrogen-bond acceptors (Lipinski definition) is 6. The summed E-state index contributed by atoms with van der Waals surface area (Å²) < 4.78 is 14.6. The van der Waals surface area contributed by atoms with Crippen molar-refractivity contribution in [2.24, 2.45) is 4.99 Å². The summed E-state index contributed by atoms with van der Waals surface area (Å²) in [6, 6.07) is -1.30. The van der Waals surface area contributed by atoms with E-state index in [0.29, 0.717) is 6.61 Å². The lowest BCUT2D eigenvalue weighted by Gasteiger charge is -2.11. The minimum atomic E-state index is -1.30. The van der Waals surface area contributed by atoms with E-state index in [1.807, 2.05) is 0 Å². The average molecular weight is 245 g/mol. The van der Waals surface area contributed by atoms with Gasteiger partial charge in [-0.25, -0.2) is 14.6 Å². The average Bonchev–Trinajstić information content (AvgIpc) is 2.26. The molecule has 0 amide bonds. The van der Waals surface area contributed by atoms with Crippen LogP contribution in [0.25, 0.3) is 0 Å². The first-order valence-electron chi connectivity index (χ1n) is 5.57. The predicted octanol–water partition coefficient (Wildman–Crippen LogP) is 0.936. The standard InChI is InChI=1S/C11H19NO5/c1-5-15-8(4)12-9(10(13)16-6-2)11(14)17-7-3/h9H,5-7H2,1-4H3. The molecule has 0 saturated carbocycles. The molecule has 17 heavy (non-hydrogen) atoms. The number of carbonyl (C=O) groups excluding carboxylic acids is 2. The summed E-state index contributed by atoms with van der Waals surface area (Å²) in [5.74, 6) is -1.21. The van der Waals surface area contributed by atoms with Crippen LogP contribution in [0.1, 0.15) is 27.7 Å². The zero-order chi connectivity index (χ0) is 13.3. The molecule has 6 heteroatoms. The molecule has 98 valence electrons. The van der Waals surface area contributed by atoms with Crippen molar-refractivity contribution in [3.8, 4) is 0 Å². The van der Waals surface area contributed by atoms with Crippen LogP contribution in [0.4, 0.5) is 0 Å². The highest BCUT2D eigenvalue weighted by molar-refractivity contribution is 6.01. The minimum absolute atomic E-state index is 0.179. The summed E-state index contributed by atoms with van der Waals surface area (Å²) in [5, 5.41) is 0. The lowest BCUT2D eigenvalue weighted by atomic mass is 10.3. The fourth-order valence-corrected chi connectivity index (χ4v) is 1.07. The highest BCUT2D eigenvalue weighted by atomic mass is 16.6. The van der Waals surface area contributed by atoms with Crippen LogP contribution in [0, 0.1) is 0 Å². The Morgan fingerprint density at radius 2 is 1.35 bits per heavy atom. The molecule has 0 aromatic rings. The van der Waals surface area contributed by atoms with Gasteiger partial charge in [0.1, 0.15) is 0 Å². The molecule has 0 fully saturated rings. The fraction of sp³-hybridized carbons (Fsp3) is 0.727. The van der Waals surface area contributed by atoms with E-state index in [-0.39, 0.29) is 19.1 Å². The summed E-state index contributed by atoms with van der Waals surface area (Å²) in [4.78, 5) is 26.9. The summed E-state index contributed by atoms with van der Waals surface area (Å²) in [6.07, 6.45) is 0. The lowest BCUT2D eigenvalue weighted by Crippen LogP contribution is -2.33. The molecule has 0 aliphatic heterocycles. The van der Waals surface area contributed by atoms with Crippen LogP contribution in [-0.4, -0.2) is 43.7 Å². The highest BCUT2D eigenvalue weighted by Gasteiger charge is 2.29. The highest BCUT2D eigenvalue weighted by Crippen LogP contribution is 2.01. The van der Waals surface area contributed by atoms with Crippen LogP contribution in [0.3, 0.4) is 0 Å². The van der Waals surface area contributed by atoms with Crippen molar-refractivity contribution in [1.29, 1.82) is 0 Å². The Bertz CT molecular complexity index is 270. The first kappa shape index (κ1) is 15.4. The number of hydrogen-bond donors (Lipinski definition) is 0. The maximum Gasteiger partial charge on any atom is 0.342 e. The van der Waals surface area contributed by atoms with E-state index in [2.05, 4.69) is 4.99 Å². The summed E-state index contributed by atoms with van der Waals surface area (Å²) in [6.45, 7) is 7.42. The van der Waals surface area contributed by atoms with Crippen LogP contribution in [0.15, 0.2) is 4.99 Å². The molecule has 0 heterocycles. The monoisotopic (exact) mass is 245 g/mol. The Kier molecular flexibility index (Phi) is 7.75. The SMILES string of the molecule is CCOC(=O)C(N=C(C)OCC)C(=O)OCC. The third-order valence-corrected chi connectivity index (χ3v) is 1.68. The maximum absolute atomic E-state index is 11.5. The van der Waals surface area contributed by atoms with Gasteiger partial charge in [0, 0.05) is 6.92 Å². The first-order chi connectivity index (χ1) is 8.06. The normalized spacial score (nSPS) is 11.2. The smallest absolute Gasteiger partial charge is 0.342 e.